The Morgan fingerprint density at radius 2 is 1.86 bits per heavy atom. The molecule has 2 aliphatic carbocycles. The average molecular weight is 325 g/mol. The van der Waals surface area contributed by atoms with E-state index in [-0.39, 0.29) is 11.0 Å². The van der Waals surface area contributed by atoms with Crippen LogP contribution in [0.5, 0.6) is 0 Å². The zero-order valence-electron chi connectivity index (χ0n) is 15.7. The number of carbonyl (C=O) groups is 1. The van der Waals surface area contributed by atoms with E-state index in [4.69, 9.17) is 4.43 Å². The summed E-state index contributed by atoms with van der Waals surface area (Å²) >= 11 is 0. The quantitative estimate of drug-likeness (QED) is 0.509. The molecule has 2 saturated carbocycles. The predicted octanol–water partition coefficient (Wildman–Crippen LogP) is 5.43. The molecule has 0 amide bonds. The molecule has 3 heteroatoms. The van der Waals surface area contributed by atoms with Gasteiger partial charge in [-0.25, -0.2) is 0 Å². The summed E-state index contributed by atoms with van der Waals surface area (Å²) in [5.74, 6) is 1.41. The van der Waals surface area contributed by atoms with Gasteiger partial charge in [-0.1, -0.05) is 41.0 Å². The summed E-state index contributed by atoms with van der Waals surface area (Å²) in [6.07, 6.45) is 7.80. The summed E-state index contributed by atoms with van der Waals surface area (Å²) in [4.78, 5) is 11.3. The molecule has 2 fully saturated rings. The van der Waals surface area contributed by atoms with Gasteiger partial charge in [0.1, 0.15) is 6.29 Å². The lowest BCUT2D eigenvalue weighted by Gasteiger charge is -2.49. The van der Waals surface area contributed by atoms with Crippen LogP contribution in [0.15, 0.2) is 0 Å². The summed E-state index contributed by atoms with van der Waals surface area (Å²) in [6.45, 7) is 16.3. The lowest BCUT2D eigenvalue weighted by atomic mass is 9.62. The van der Waals surface area contributed by atoms with Gasteiger partial charge in [0.15, 0.2) is 8.32 Å². The van der Waals surface area contributed by atoms with E-state index in [0.29, 0.717) is 23.4 Å². The Labute approximate surface area is 138 Å². The van der Waals surface area contributed by atoms with Crippen LogP contribution in [-0.2, 0) is 9.22 Å². The largest absolute Gasteiger partial charge is 0.414 e. The second-order valence-corrected chi connectivity index (χ2v) is 14.4. The molecule has 0 aromatic heterocycles. The van der Waals surface area contributed by atoms with Gasteiger partial charge in [0.2, 0.25) is 0 Å². The van der Waals surface area contributed by atoms with Crippen molar-refractivity contribution in [3.63, 3.8) is 0 Å². The first-order valence-electron chi connectivity index (χ1n) is 9.16. The number of hydrogen-bond donors (Lipinski definition) is 0. The monoisotopic (exact) mass is 324 g/mol. The van der Waals surface area contributed by atoms with Gasteiger partial charge in [-0.2, -0.15) is 0 Å². The smallest absolute Gasteiger partial charge is 0.192 e. The van der Waals surface area contributed by atoms with E-state index in [2.05, 4.69) is 47.7 Å². The average Bonchev–Trinajstić information content (AvgIpc) is 2.74. The maximum Gasteiger partial charge on any atom is 0.192 e. The third kappa shape index (κ3) is 3.08. The van der Waals surface area contributed by atoms with Crippen LogP contribution in [0.4, 0.5) is 0 Å². The van der Waals surface area contributed by atoms with Crippen molar-refractivity contribution in [3.8, 4) is 0 Å². The van der Waals surface area contributed by atoms with Gasteiger partial charge in [-0.05, 0) is 61.1 Å². The van der Waals surface area contributed by atoms with E-state index < -0.39 is 8.32 Å². The number of hydrogen-bond acceptors (Lipinski definition) is 2. The lowest BCUT2D eigenvalue weighted by molar-refractivity contribution is -0.114. The van der Waals surface area contributed by atoms with E-state index >= 15 is 0 Å². The fourth-order valence-corrected chi connectivity index (χ4v) is 6.21. The highest BCUT2D eigenvalue weighted by atomic mass is 28.4. The fraction of sp³-hybridized carbons (Fsp3) is 0.947. The fourth-order valence-electron chi connectivity index (χ4n) is 4.81. The third-order valence-electron chi connectivity index (χ3n) is 7.24. The normalized spacial score (nSPS) is 37.7. The van der Waals surface area contributed by atoms with Crippen molar-refractivity contribution in [2.75, 3.05) is 0 Å². The number of fused-ring (bicyclic) bond motifs is 1. The summed E-state index contributed by atoms with van der Waals surface area (Å²) in [5.41, 5.74) is 0.311. The topological polar surface area (TPSA) is 26.3 Å². The molecule has 4 unspecified atom stereocenters. The zero-order valence-corrected chi connectivity index (χ0v) is 16.7. The third-order valence-corrected chi connectivity index (χ3v) is 11.7. The van der Waals surface area contributed by atoms with E-state index in [9.17, 15) is 4.79 Å². The molecule has 0 aliphatic heterocycles. The molecule has 0 spiro atoms. The number of carbonyl (C=O) groups excluding carboxylic acids is 1. The molecule has 5 atom stereocenters. The highest BCUT2D eigenvalue weighted by Crippen LogP contribution is 2.58. The molecule has 0 aromatic rings. The van der Waals surface area contributed by atoms with Crippen molar-refractivity contribution in [2.45, 2.75) is 91.0 Å². The van der Waals surface area contributed by atoms with Gasteiger partial charge in [0.25, 0.3) is 0 Å². The first-order valence-corrected chi connectivity index (χ1v) is 12.1. The van der Waals surface area contributed by atoms with Gasteiger partial charge < -0.3 is 9.22 Å². The van der Waals surface area contributed by atoms with Crippen LogP contribution < -0.4 is 0 Å². The van der Waals surface area contributed by atoms with Crippen molar-refractivity contribution >= 4 is 14.6 Å². The van der Waals surface area contributed by atoms with Gasteiger partial charge in [0.05, 0.1) is 0 Å². The maximum absolute atomic E-state index is 11.3. The Balaban J connectivity index is 2.18. The van der Waals surface area contributed by atoms with Crippen LogP contribution in [0.3, 0.4) is 0 Å². The van der Waals surface area contributed by atoms with Crippen LogP contribution in [0.2, 0.25) is 18.1 Å². The van der Waals surface area contributed by atoms with E-state index in [1.165, 1.54) is 38.4 Å². The van der Waals surface area contributed by atoms with Crippen LogP contribution >= 0.6 is 0 Å². The molecule has 22 heavy (non-hydrogen) atoms. The second-order valence-electron chi connectivity index (χ2n) is 9.60. The van der Waals surface area contributed by atoms with Crippen LogP contribution in [0, 0.1) is 23.2 Å². The molecule has 2 aliphatic rings. The van der Waals surface area contributed by atoms with Crippen molar-refractivity contribution in [2.24, 2.45) is 23.2 Å². The minimum atomic E-state index is -1.71. The molecule has 0 N–H and O–H groups in total. The summed E-state index contributed by atoms with van der Waals surface area (Å²) in [7, 11) is -1.71. The Morgan fingerprint density at radius 3 is 2.41 bits per heavy atom. The van der Waals surface area contributed by atoms with Crippen molar-refractivity contribution in [3.05, 3.63) is 0 Å². The van der Waals surface area contributed by atoms with E-state index in [1.54, 1.807) is 0 Å². The SMILES string of the molecule is CC(C=O)C1CCC2C(O[Si](C)(C)C(C)(C)C)CCC[C@]12C. The van der Waals surface area contributed by atoms with Crippen molar-refractivity contribution in [1.82, 2.24) is 0 Å². The predicted molar refractivity (Wildman–Crippen MR) is 95.5 cm³/mol. The minimum Gasteiger partial charge on any atom is -0.414 e. The van der Waals surface area contributed by atoms with Gasteiger partial charge in [0, 0.05) is 12.0 Å². The first-order chi connectivity index (χ1) is 10.0. The molecule has 0 heterocycles. The maximum atomic E-state index is 11.3. The molecule has 2 nitrogen and oxygen atoms in total. The Kier molecular flexibility index (Phi) is 5.00. The van der Waals surface area contributed by atoms with Gasteiger partial charge >= 0.3 is 0 Å². The second kappa shape index (κ2) is 6.05. The summed E-state index contributed by atoms with van der Waals surface area (Å²) < 4.78 is 6.83. The first kappa shape index (κ1) is 18.2. The summed E-state index contributed by atoms with van der Waals surface area (Å²) in [5, 5.41) is 0.273. The number of rotatable bonds is 4. The lowest BCUT2D eigenvalue weighted by Crippen LogP contribution is -2.50. The molecule has 2 rings (SSSR count). The highest BCUT2D eigenvalue weighted by Gasteiger charge is 2.54. The van der Waals surface area contributed by atoms with E-state index in [0.717, 1.165) is 0 Å². The molecule has 0 aromatic carbocycles. The van der Waals surface area contributed by atoms with Crippen molar-refractivity contribution < 1.29 is 9.22 Å². The molecular weight excluding hydrogens is 288 g/mol. The van der Waals surface area contributed by atoms with Crippen LogP contribution in [0.1, 0.15) is 66.7 Å². The van der Waals surface area contributed by atoms with Crippen LogP contribution in [0.25, 0.3) is 0 Å². The van der Waals surface area contributed by atoms with Crippen molar-refractivity contribution in [1.29, 1.82) is 0 Å². The molecule has 0 bridgehead atoms. The molecule has 0 saturated heterocycles. The number of aldehydes is 1. The minimum absolute atomic E-state index is 0.196. The van der Waals surface area contributed by atoms with Crippen LogP contribution in [-0.4, -0.2) is 20.7 Å². The Hall–Kier alpha value is -0.153. The Morgan fingerprint density at radius 1 is 1.23 bits per heavy atom. The van der Waals surface area contributed by atoms with Gasteiger partial charge in [-0.3, -0.25) is 0 Å². The molecule has 128 valence electrons. The molecule has 0 radical (unpaired) electrons. The van der Waals surface area contributed by atoms with E-state index in [1.807, 2.05) is 0 Å². The zero-order chi connectivity index (χ0) is 16.8. The van der Waals surface area contributed by atoms with Gasteiger partial charge in [-0.15, -0.1) is 0 Å². The molecular formula is C19H36O2Si. The standard InChI is InChI=1S/C19H36O2Si/c1-14(13-20)15-10-11-16-17(9-8-12-19(15,16)5)21-22(6,7)18(2,3)4/h13-17H,8-12H2,1-7H3/t14?,15?,16?,17?,19-/m1/s1. The summed E-state index contributed by atoms with van der Waals surface area (Å²) in [6, 6.07) is 0. The highest BCUT2D eigenvalue weighted by molar-refractivity contribution is 6.74. The Bertz CT molecular complexity index is 412.